The number of ether oxygens (including phenoxy) is 2. The third kappa shape index (κ3) is 3.92. The zero-order valence-corrected chi connectivity index (χ0v) is 12.6. The minimum absolute atomic E-state index is 0.176. The molecule has 19 heavy (non-hydrogen) atoms. The molecule has 104 valence electrons. The van der Waals surface area contributed by atoms with Crippen LogP contribution in [0.3, 0.4) is 0 Å². The van der Waals surface area contributed by atoms with Gasteiger partial charge in [-0.3, -0.25) is 0 Å². The molecule has 0 unspecified atom stereocenters. The Morgan fingerprint density at radius 3 is 2.79 bits per heavy atom. The van der Waals surface area contributed by atoms with Crippen molar-refractivity contribution in [2.45, 2.75) is 13.2 Å². The first-order valence-electron chi connectivity index (χ1n) is 6.08. The van der Waals surface area contributed by atoms with E-state index in [0.29, 0.717) is 19.8 Å². The number of nitrogens with one attached hydrogen (secondary N) is 1. The second-order valence-electron chi connectivity index (χ2n) is 4.44. The molecule has 6 heteroatoms. The number of urea groups is 1. The van der Waals surface area contributed by atoms with Crippen molar-refractivity contribution in [1.29, 1.82) is 0 Å². The van der Waals surface area contributed by atoms with Gasteiger partial charge in [-0.15, -0.1) is 0 Å². The van der Waals surface area contributed by atoms with E-state index in [2.05, 4.69) is 21.2 Å². The smallest absolute Gasteiger partial charge is 0.321 e. The van der Waals surface area contributed by atoms with E-state index >= 15 is 0 Å². The third-order valence-electron chi connectivity index (χ3n) is 2.89. The van der Waals surface area contributed by atoms with Crippen LogP contribution in [0.1, 0.15) is 5.56 Å². The van der Waals surface area contributed by atoms with Crippen molar-refractivity contribution in [1.82, 2.24) is 4.90 Å². The highest BCUT2D eigenvalue weighted by molar-refractivity contribution is 9.10. The molecule has 0 bridgehead atoms. The van der Waals surface area contributed by atoms with Crippen LogP contribution >= 0.6 is 15.9 Å². The Balaban J connectivity index is 1.92. The standard InChI is InChI=1S/C13H17BrN2O3/c1-9-7-10(14)3-4-11(9)15-13(17)16(2)8-12-18-5-6-19-12/h3-4,7,12H,5-6,8H2,1-2H3,(H,15,17). The van der Waals surface area contributed by atoms with Crippen LogP contribution in [-0.2, 0) is 9.47 Å². The fraction of sp³-hybridized carbons (Fsp3) is 0.462. The molecule has 0 spiro atoms. The number of hydrogen-bond donors (Lipinski definition) is 1. The van der Waals surface area contributed by atoms with E-state index in [1.54, 1.807) is 11.9 Å². The average Bonchev–Trinajstić information content (AvgIpc) is 2.85. The summed E-state index contributed by atoms with van der Waals surface area (Å²) >= 11 is 3.39. The largest absolute Gasteiger partial charge is 0.348 e. The molecule has 1 N–H and O–H groups in total. The van der Waals surface area contributed by atoms with Gasteiger partial charge in [-0.25, -0.2) is 4.79 Å². The van der Waals surface area contributed by atoms with E-state index in [1.165, 1.54) is 0 Å². The normalized spacial score (nSPS) is 15.5. The molecule has 1 heterocycles. The van der Waals surface area contributed by atoms with Crippen LogP contribution in [-0.4, -0.2) is 44.0 Å². The summed E-state index contributed by atoms with van der Waals surface area (Å²) in [5, 5.41) is 2.87. The molecule has 1 aromatic rings. The number of carbonyl (C=O) groups excluding carboxylic acids is 1. The number of hydrogen-bond acceptors (Lipinski definition) is 3. The van der Waals surface area contributed by atoms with Gasteiger partial charge in [0.25, 0.3) is 0 Å². The lowest BCUT2D eigenvalue weighted by atomic mass is 10.2. The van der Waals surface area contributed by atoms with Crippen molar-refractivity contribution in [3.8, 4) is 0 Å². The van der Waals surface area contributed by atoms with E-state index in [4.69, 9.17) is 9.47 Å². The van der Waals surface area contributed by atoms with E-state index in [-0.39, 0.29) is 12.3 Å². The van der Waals surface area contributed by atoms with Gasteiger partial charge in [0, 0.05) is 17.2 Å². The van der Waals surface area contributed by atoms with Crippen LogP contribution in [0.2, 0.25) is 0 Å². The molecular weight excluding hydrogens is 312 g/mol. The molecule has 1 aliphatic rings. The summed E-state index contributed by atoms with van der Waals surface area (Å²) in [5.74, 6) is 0. The Morgan fingerprint density at radius 2 is 2.16 bits per heavy atom. The predicted octanol–water partition coefficient (Wildman–Crippen LogP) is 2.59. The molecule has 1 aliphatic heterocycles. The molecule has 5 nitrogen and oxygen atoms in total. The van der Waals surface area contributed by atoms with Crippen molar-refractivity contribution in [3.05, 3.63) is 28.2 Å². The number of anilines is 1. The molecule has 1 fully saturated rings. The summed E-state index contributed by atoms with van der Waals surface area (Å²) < 4.78 is 11.6. The fourth-order valence-electron chi connectivity index (χ4n) is 1.80. The van der Waals surface area contributed by atoms with Gasteiger partial charge in [0.15, 0.2) is 6.29 Å². The van der Waals surface area contributed by atoms with Gasteiger partial charge in [-0.05, 0) is 30.7 Å². The van der Waals surface area contributed by atoms with Crippen LogP contribution in [0.15, 0.2) is 22.7 Å². The lowest BCUT2D eigenvalue weighted by Gasteiger charge is -2.21. The first-order chi connectivity index (χ1) is 9.06. The maximum absolute atomic E-state index is 12.0. The van der Waals surface area contributed by atoms with Gasteiger partial charge in [-0.1, -0.05) is 15.9 Å². The summed E-state index contributed by atoms with van der Waals surface area (Å²) in [6.07, 6.45) is -0.318. The maximum atomic E-state index is 12.0. The van der Waals surface area contributed by atoms with Gasteiger partial charge in [0.2, 0.25) is 0 Å². The first-order valence-corrected chi connectivity index (χ1v) is 6.87. The molecule has 0 atom stereocenters. The molecule has 0 saturated carbocycles. The number of nitrogens with zero attached hydrogens (tertiary/aromatic N) is 1. The van der Waals surface area contributed by atoms with Gasteiger partial charge in [0.05, 0.1) is 19.8 Å². The predicted molar refractivity (Wildman–Crippen MR) is 76.2 cm³/mol. The Kier molecular flexibility index (Phi) is 4.79. The lowest BCUT2D eigenvalue weighted by molar-refractivity contribution is -0.0518. The molecule has 2 amide bonds. The van der Waals surface area contributed by atoms with Crippen molar-refractivity contribution in [3.63, 3.8) is 0 Å². The Labute approximate surface area is 121 Å². The maximum Gasteiger partial charge on any atom is 0.321 e. The molecule has 1 saturated heterocycles. The van der Waals surface area contributed by atoms with Crippen molar-refractivity contribution in [2.75, 3.05) is 32.1 Å². The van der Waals surface area contributed by atoms with Crippen molar-refractivity contribution >= 4 is 27.6 Å². The zero-order valence-electron chi connectivity index (χ0n) is 11.0. The van der Waals surface area contributed by atoms with Gasteiger partial charge < -0.3 is 19.7 Å². The van der Waals surface area contributed by atoms with E-state index in [9.17, 15) is 4.79 Å². The number of carbonyl (C=O) groups is 1. The van der Waals surface area contributed by atoms with Gasteiger partial charge in [-0.2, -0.15) is 0 Å². The molecular formula is C13H17BrN2O3. The second-order valence-corrected chi connectivity index (χ2v) is 5.36. The summed E-state index contributed by atoms with van der Waals surface area (Å²) in [6.45, 7) is 3.54. The van der Waals surface area contributed by atoms with Gasteiger partial charge in [0.1, 0.15) is 0 Å². The van der Waals surface area contributed by atoms with Crippen LogP contribution < -0.4 is 5.32 Å². The lowest BCUT2D eigenvalue weighted by Crippen LogP contribution is -2.37. The Morgan fingerprint density at radius 1 is 1.47 bits per heavy atom. The molecule has 0 aromatic heterocycles. The monoisotopic (exact) mass is 328 g/mol. The highest BCUT2D eigenvalue weighted by atomic mass is 79.9. The summed E-state index contributed by atoms with van der Waals surface area (Å²) in [6, 6.07) is 5.54. The number of likely N-dealkylation sites (N-methyl/N-ethyl adjacent to an activating group) is 1. The van der Waals surface area contributed by atoms with Crippen molar-refractivity contribution in [2.24, 2.45) is 0 Å². The van der Waals surface area contributed by atoms with E-state index < -0.39 is 0 Å². The molecule has 0 radical (unpaired) electrons. The Hall–Kier alpha value is -1.11. The minimum Gasteiger partial charge on any atom is -0.348 e. The number of rotatable bonds is 3. The minimum atomic E-state index is -0.318. The summed E-state index contributed by atoms with van der Waals surface area (Å²) in [7, 11) is 1.72. The second kappa shape index (κ2) is 6.36. The van der Waals surface area contributed by atoms with E-state index in [0.717, 1.165) is 15.7 Å². The molecule has 2 rings (SSSR count). The SMILES string of the molecule is Cc1cc(Br)ccc1NC(=O)N(C)CC1OCCO1. The number of halogens is 1. The summed E-state index contributed by atoms with van der Waals surface area (Å²) in [4.78, 5) is 13.6. The van der Waals surface area contributed by atoms with Crippen molar-refractivity contribution < 1.29 is 14.3 Å². The quantitative estimate of drug-likeness (QED) is 0.927. The van der Waals surface area contributed by atoms with E-state index in [1.807, 2.05) is 25.1 Å². The topological polar surface area (TPSA) is 50.8 Å². The third-order valence-corrected chi connectivity index (χ3v) is 3.38. The average molecular weight is 329 g/mol. The van der Waals surface area contributed by atoms with Gasteiger partial charge >= 0.3 is 6.03 Å². The van der Waals surface area contributed by atoms with Crippen LogP contribution in [0.25, 0.3) is 0 Å². The Bertz CT molecular complexity index is 461. The van der Waals surface area contributed by atoms with Crippen LogP contribution in [0, 0.1) is 6.92 Å². The zero-order chi connectivity index (χ0) is 13.8. The molecule has 0 aliphatic carbocycles. The number of amides is 2. The van der Waals surface area contributed by atoms with Crippen LogP contribution in [0.5, 0.6) is 0 Å². The first kappa shape index (κ1) is 14.3. The number of aryl methyl sites for hydroxylation is 1. The summed E-state index contributed by atoms with van der Waals surface area (Å²) in [5.41, 5.74) is 1.80. The number of benzene rings is 1. The molecule has 1 aromatic carbocycles. The fourth-order valence-corrected chi connectivity index (χ4v) is 2.27. The highest BCUT2D eigenvalue weighted by Gasteiger charge is 2.20. The van der Waals surface area contributed by atoms with Crippen LogP contribution in [0.4, 0.5) is 10.5 Å². The highest BCUT2D eigenvalue weighted by Crippen LogP contribution is 2.20.